The SMILES string of the molecule is [CH2-]CCCCCCCCCCC.[Ce]. The maximum atomic E-state index is 3.84. The minimum Gasteiger partial charge on any atom is -0.343 e. The molecule has 0 bridgehead atoms. The fraction of sp³-hybridized carbons (Fsp3) is 0.917. The van der Waals surface area contributed by atoms with E-state index in [4.69, 9.17) is 0 Å². The van der Waals surface area contributed by atoms with Crippen molar-refractivity contribution in [3.63, 3.8) is 0 Å². The van der Waals surface area contributed by atoms with Crippen LogP contribution in [0.5, 0.6) is 0 Å². The molecule has 0 aromatic heterocycles. The molecule has 0 aliphatic rings. The van der Waals surface area contributed by atoms with Crippen molar-refractivity contribution >= 4 is 0 Å². The fourth-order valence-corrected chi connectivity index (χ4v) is 1.49. The van der Waals surface area contributed by atoms with Gasteiger partial charge in [0.1, 0.15) is 0 Å². The molecule has 78 valence electrons. The van der Waals surface area contributed by atoms with Crippen molar-refractivity contribution in [3.05, 3.63) is 6.92 Å². The molecule has 0 atom stereocenters. The zero-order valence-corrected chi connectivity index (χ0v) is 12.4. The second kappa shape index (κ2) is 15.8. The Morgan fingerprint density at radius 1 is 0.692 bits per heavy atom. The van der Waals surface area contributed by atoms with Gasteiger partial charge in [0.2, 0.25) is 0 Å². The summed E-state index contributed by atoms with van der Waals surface area (Å²) < 4.78 is 0. The molecule has 0 saturated heterocycles. The number of rotatable bonds is 9. The van der Waals surface area contributed by atoms with Crippen molar-refractivity contribution in [2.24, 2.45) is 0 Å². The van der Waals surface area contributed by atoms with E-state index >= 15 is 0 Å². The van der Waals surface area contributed by atoms with E-state index in [0.717, 1.165) is 6.42 Å². The third kappa shape index (κ3) is 16.1. The summed E-state index contributed by atoms with van der Waals surface area (Å²) in [6.45, 7) is 6.12. The van der Waals surface area contributed by atoms with Gasteiger partial charge in [-0.25, -0.2) is 0 Å². The van der Waals surface area contributed by atoms with E-state index in [-0.39, 0.29) is 41.7 Å². The fourth-order valence-electron chi connectivity index (χ4n) is 1.49. The number of hydrogen-bond donors (Lipinski definition) is 0. The van der Waals surface area contributed by atoms with E-state index in [0.29, 0.717) is 0 Å². The van der Waals surface area contributed by atoms with E-state index in [1.165, 1.54) is 57.8 Å². The molecule has 1 heteroatoms. The molecule has 0 unspecified atom stereocenters. The molecule has 0 amide bonds. The molecule has 0 nitrogen and oxygen atoms in total. The molecule has 0 radical (unpaired) electrons. The first-order valence-corrected chi connectivity index (χ1v) is 5.71. The van der Waals surface area contributed by atoms with Crippen LogP contribution in [-0.4, -0.2) is 0 Å². The molecule has 0 fully saturated rings. The summed E-state index contributed by atoms with van der Waals surface area (Å²) in [6.07, 6.45) is 13.9. The van der Waals surface area contributed by atoms with Gasteiger partial charge in [0, 0.05) is 41.7 Å². The van der Waals surface area contributed by atoms with Crippen molar-refractivity contribution in [2.75, 3.05) is 0 Å². The average Bonchev–Trinajstić information content (AvgIpc) is 2.10. The van der Waals surface area contributed by atoms with E-state index in [1.807, 2.05) is 0 Å². The van der Waals surface area contributed by atoms with Crippen molar-refractivity contribution in [1.29, 1.82) is 0 Å². The van der Waals surface area contributed by atoms with Gasteiger partial charge < -0.3 is 6.92 Å². The van der Waals surface area contributed by atoms with E-state index in [2.05, 4.69) is 13.8 Å². The second-order valence-corrected chi connectivity index (χ2v) is 3.68. The van der Waals surface area contributed by atoms with E-state index in [9.17, 15) is 0 Å². The minimum absolute atomic E-state index is 0. The summed E-state index contributed by atoms with van der Waals surface area (Å²) in [6, 6.07) is 0. The van der Waals surface area contributed by atoms with Crippen LogP contribution < -0.4 is 0 Å². The normalized spacial score (nSPS) is 9.69. The van der Waals surface area contributed by atoms with E-state index in [1.54, 1.807) is 0 Å². The zero-order valence-electron chi connectivity index (χ0n) is 9.28. The third-order valence-electron chi connectivity index (χ3n) is 2.35. The Morgan fingerprint density at radius 3 is 1.46 bits per heavy atom. The quantitative estimate of drug-likeness (QED) is 0.426. The van der Waals surface area contributed by atoms with Gasteiger partial charge >= 0.3 is 0 Å². The molecule has 0 aliphatic carbocycles. The molecule has 0 aliphatic heterocycles. The summed E-state index contributed by atoms with van der Waals surface area (Å²) in [5.74, 6) is 0. The molecule has 0 rings (SSSR count). The van der Waals surface area contributed by atoms with Gasteiger partial charge in [-0.15, -0.1) is 0 Å². The van der Waals surface area contributed by atoms with Crippen LogP contribution in [0.25, 0.3) is 0 Å². The summed E-state index contributed by atoms with van der Waals surface area (Å²) in [5, 5.41) is 0. The van der Waals surface area contributed by atoms with Gasteiger partial charge in [0.15, 0.2) is 0 Å². The van der Waals surface area contributed by atoms with Crippen LogP contribution in [0.3, 0.4) is 0 Å². The first kappa shape index (κ1) is 16.8. The molecule has 0 saturated carbocycles. The zero-order chi connectivity index (χ0) is 9.07. The first-order valence-electron chi connectivity index (χ1n) is 5.71. The van der Waals surface area contributed by atoms with E-state index < -0.39 is 0 Å². The standard InChI is InChI=1S/C12H25.Ce/c1-3-5-7-9-11-12-10-8-6-4-2;/h1,3-12H2,2H3;/q-1;. The minimum atomic E-state index is 0. The molecule has 0 aromatic carbocycles. The van der Waals surface area contributed by atoms with Gasteiger partial charge in [-0.05, 0) is 0 Å². The third-order valence-corrected chi connectivity index (χ3v) is 2.35. The molecule has 0 heterocycles. The molecule has 13 heavy (non-hydrogen) atoms. The van der Waals surface area contributed by atoms with Gasteiger partial charge in [-0.3, -0.25) is 0 Å². The summed E-state index contributed by atoms with van der Waals surface area (Å²) in [5.41, 5.74) is 0. The number of unbranched alkanes of at least 4 members (excludes halogenated alkanes) is 9. The van der Waals surface area contributed by atoms with Crippen LogP contribution in [0.15, 0.2) is 0 Å². The van der Waals surface area contributed by atoms with Crippen molar-refractivity contribution in [2.45, 2.75) is 71.1 Å². The maximum absolute atomic E-state index is 3.84. The summed E-state index contributed by atoms with van der Waals surface area (Å²) >= 11 is 0. The van der Waals surface area contributed by atoms with Crippen LogP contribution in [-0.2, 0) is 0 Å². The molecule has 0 spiro atoms. The van der Waals surface area contributed by atoms with Crippen LogP contribution >= 0.6 is 0 Å². The van der Waals surface area contributed by atoms with Crippen LogP contribution in [0.4, 0.5) is 0 Å². The second-order valence-electron chi connectivity index (χ2n) is 3.68. The van der Waals surface area contributed by atoms with Gasteiger partial charge in [-0.2, -0.15) is 6.42 Å². The smallest absolute Gasteiger partial charge is 0 e. The predicted molar refractivity (Wildman–Crippen MR) is 57.2 cm³/mol. The molecular formula is C12H25Ce-. The van der Waals surface area contributed by atoms with Crippen molar-refractivity contribution in [1.82, 2.24) is 0 Å². The van der Waals surface area contributed by atoms with Crippen LogP contribution in [0, 0.1) is 48.7 Å². The molecule has 0 aromatic rings. The summed E-state index contributed by atoms with van der Waals surface area (Å²) in [4.78, 5) is 0. The van der Waals surface area contributed by atoms with Gasteiger partial charge in [0.05, 0.1) is 0 Å². The Balaban J connectivity index is 0. The molecule has 0 N–H and O–H groups in total. The topological polar surface area (TPSA) is 0 Å². The maximum Gasteiger partial charge on any atom is 0 e. The Kier molecular flexibility index (Phi) is 20.5. The predicted octanol–water partition coefficient (Wildman–Crippen LogP) is 4.74. The van der Waals surface area contributed by atoms with Crippen molar-refractivity contribution < 1.29 is 41.7 Å². The Hall–Kier alpha value is 1.38. The average molecular weight is 309 g/mol. The number of hydrogen-bond acceptors (Lipinski definition) is 0. The van der Waals surface area contributed by atoms with Crippen molar-refractivity contribution in [3.8, 4) is 0 Å². The monoisotopic (exact) mass is 309 g/mol. The Bertz CT molecular complexity index is 61.5. The Labute approximate surface area is 119 Å². The van der Waals surface area contributed by atoms with Gasteiger partial charge in [0.25, 0.3) is 0 Å². The largest absolute Gasteiger partial charge is 0.343 e. The van der Waals surface area contributed by atoms with Crippen LogP contribution in [0.1, 0.15) is 71.1 Å². The van der Waals surface area contributed by atoms with Crippen LogP contribution in [0.2, 0.25) is 0 Å². The molecular weight excluding hydrogens is 284 g/mol. The first-order chi connectivity index (χ1) is 5.91. The van der Waals surface area contributed by atoms with Gasteiger partial charge in [-0.1, -0.05) is 64.7 Å². The summed E-state index contributed by atoms with van der Waals surface area (Å²) in [7, 11) is 0. The Morgan fingerprint density at radius 2 is 1.08 bits per heavy atom.